The van der Waals surface area contributed by atoms with E-state index in [-0.39, 0.29) is 24.7 Å². The highest BCUT2D eigenvalue weighted by Crippen LogP contribution is 2.27. The summed E-state index contributed by atoms with van der Waals surface area (Å²) in [6.45, 7) is 6.82. The first-order valence-corrected chi connectivity index (χ1v) is 9.73. The molecule has 146 valence electrons. The number of anilines is 1. The lowest BCUT2D eigenvalue weighted by Crippen LogP contribution is -2.36. The minimum Gasteiger partial charge on any atom is -0.312 e. The van der Waals surface area contributed by atoms with Gasteiger partial charge in [-0.3, -0.25) is 9.59 Å². The summed E-state index contributed by atoms with van der Waals surface area (Å²) in [6, 6.07) is 12.2. The van der Waals surface area contributed by atoms with Gasteiger partial charge in [0.1, 0.15) is 0 Å². The SMILES string of the molecule is Cc1cc(C)c(/C=N/NC(=O)CCC(=O)N2CCCc3ccccc32)c(C)c1. The van der Waals surface area contributed by atoms with E-state index in [9.17, 15) is 9.59 Å². The molecule has 0 unspecified atom stereocenters. The second-order valence-electron chi connectivity index (χ2n) is 7.38. The van der Waals surface area contributed by atoms with E-state index in [1.54, 1.807) is 11.1 Å². The molecule has 0 atom stereocenters. The van der Waals surface area contributed by atoms with Crippen LogP contribution in [-0.2, 0) is 16.0 Å². The van der Waals surface area contributed by atoms with Crippen LogP contribution in [0.15, 0.2) is 41.5 Å². The number of rotatable bonds is 5. The molecule has 2 aromatic carbocycles. The molecule has 5 heteroatoms. The third kappa shape index (κ3) is 4.66. The number of benzene rings is 2. The Morgan fingerprint density at radius 3 is 2.57 bits per heavy atom. The average molecular weight is 377 g/mol. The average Bonchev–Trinajstić information content (AvgIpc) is 2.67. The van der Waals surface area contributed by atoms with Crippen molar-refractivity contribution >= 4 is 23.7 Å². The van der Waals surface area contributed by atoms with Crippen LogP contribution >= 0.6 is 0 Å². The van der Waals surface area contributed by atoms with Crippen LogP contribution in [0.2, 0.25) is 0 Å². The minimum absolute atomic E-state index is 0.0171. The van der Waals surface area contributed by atoms with Crippen LogP contribution in [-0.4, -0.2) is 24.6 Å². The van der Waals surface area contributed by atoms with Gasteiger partial charge in [0.25, 0.3) is 0 Å². The Balaban J connectivity index is 1.53. The molecule has 28 heavy (non-hydrogen) atoms. The first kappa shape index (κ1) is 19.8. The van der Waals surface area contributed by atoms with Crippen LogP contribution in [0, 0.1) is 20.8 Å². The molecule has 3 rings (SSSR count). The van der Waals surface area contributed by atoms with E-state index in [0.29, 0.717) is 6.54 Å². The zero-order valence-electron chi connectivity index (χ0n) is 16.8. The molecule has 1 heterocycles. The third-order valence-corrected chi connectivity index (χ3v) is 5.10. The van der Waals surface area contributed by atoms with Gasteiger partial charge in [-0.1, -0.05) is 35.9 Å². The molecular formula is C23H27N3O2. The monoisotopic (exact) mass is 377 g/mol. The zero-order chi connectivity index (χ0) is 20.1. The maximum Gasteiger partial charge on any atom is 0.240 e. The Bertz CT molecular complexity index is 895. The topological polar surface area (TPSA) is 61.8 Å². The molecule has 5 nitrogen and oxygen atoms in total. The van der Waals surface area contributed by atoms with Crippen molar-refractivity contribution in [3.8, 4) is 0 Å². The molecular weight excluding hydrogens is 350 g/mol. The van der Waals surface area contributed by atoms with Gasteiger partial charge in [-0.25, -0.2) is 5.43 Å². The Hall–Kier alpha value is -2.95. The largest absolute Gasteiger partial charge is 0.312 e. The van der Waals surface area contributed by atoms with E-state index in [1.807, 2.05) is 32.0 Å². The highest BCUT2D eigenvalue weighted by Gasteiger charge is 2.22. The van der Waals surface area contributed by atoms with E-state index in [0.717, 1.165) is 35.2 Å². The number of aryl methyl sites for hydroxylation is 4. The van der Waals surface area contributed by atoms with Crippen molar-refractivity contribution in [2.45, 2.75) is 46.5 Å². The lowest BCUT2D eigenvalue weighted by atomic mass is 10.0. The molecule has 0 saturated carbocycles. The molecule has 2 aromatic rings. The summed E-state index contributed by atoms with van der Waals surface area (Å²) >= 11 is 0. The minimum atomic E-state index is -0.252. The fraction of sp³-hybridized carbons (Fsp3) is 0.348. The second kappa shape index (κ2) is 8.83. The van der Waals surface area contributed by atoms with Gasteiger partial charge in [0.15, 0.2) is 0 Å². The summed E-state index contributed by atoms with van der Waals surface area (Å²) < 4.78 is 0. The number of nitrogens with one attached hydrogen (secondary N) is 1. The zero-order valence-corrected chi connectivity index (χ0v) is 16.8. The first-order chi connectivity index (χ1) is 13.5. The predicted octanol–water partition coefficient (Wildman–Crippen LogP) is 3.82. The molecule has 0 aromatic heterocycles. The second-order valence-corrected chi connectivity index (χ2v) is 7.38. The van der Waals surface area contributed by atoms with Crippen molar-refractivity contribution in [2.75, 3.05) is 11.4 Å². The maximum atomic E-state index is 12.6. The molecule has 1 N–H and O–H groups in total. The summed E-state index contributed by atoms with van der Waals surface area (Å²) in [6.07, 6.45) is 3.92. The van der Waals surface area contributed by atoms with Gasteiger partial charge >= 0.3 is 0 Å². The molecule has 0 bridgehead atoms. The molecule has 0 radical (unpaired) electrons. The van der Waals surface area contributed by atoms with Gasteiger partial charge in [0.2, 0.25) is 11.8 Å². The van der Waals surface area contributed by atoms with Gasteiger partial charge in [-0.2, -0.15) is 5.10 Å². The van der Waals surface area contributed by atoms with E-state index >= 15 is 0 Å². The fourth-order valence-corrected chi connectivity index (χ4v) is 3.77. The van der Waals surface area contributed by atoms with Crippen LogP contribution in [0.5, 0.6) is 0 Å². The van der Waals surface area contributed by atoms with Crippen LogP contribution in [0.25, 0.3) is 0 Å². The molecule has 0 aliphatic carbocycles. The van der Waals surface area contributed by atoms with E-state index in [1.165, 1.54) is 11.1 Å². The number of fused-ring (bicyclic) bond motifs is 1. The van der Waals surface area contributed by atoms with Crippen molar-refractivity contribution < 1.29 is 9.59 Å². The summed E-state index contributed by atoms with van der Waals surface area (Å²) in [5, 5.41) is 4.07. The van der Waals surface area contributed by atoms with Gasteiger partial charge in [-0.15, -0.1) is 0 Å². The Kier molecular flexibility index (Phi) is 6.24. The predicted molar refractivity (Wildman–Crippen MR) is 113 cm³/mol. The van der Waals surface area contributed by atoms with Crippen LogP contribution in [0.4, 0.5) is 5.69 Å². The van der Waals surface area contributed by atoms with Gasteiger partial charge in [-0.05, 0) is 56.4 Å². The van der Waals surface area contributed by atoms with Gasteiger partial charge in [0, 0.05) is 30.6 Å². The number of nitrogens with zero attached hydrogens (tertiary/aromatic N) is 2. The number of hydrogen-bond acceptors (Lipinski definition) is 3. The van der Waals surface area contributed by atoms with Gasteiger partial charge < -0.3 is 4.90 Å². The number of para-hydroxylation sites is 1. The van der Waals surface area contributed by atoms with Crippen molar-refractivity contribution in [2.24, 2.45) is 5.10 Å². The molecule has 0 spiro atoms. The molecule has 1 aliphatic heterocycles. The summed E-state index contributed by atoms with van der Waals surface area (Å²) in [4.78, 5) is 26.5. The molecule has 1 aliphatic rings. The first-order valence-electron chi connectivity index (χ1n) is 9.73. The fourth-order valence-electron chi connectivity index (χ4n) is 3.77. The Morgan fingerprint density at radius 2 is 1.82 bits per heavy atom. The van der Waals surface area contributed by atoms with E-state index < -0.39 is 0 Å². The highest BCUT2D eigenvalue weighted by molar-refractivity contribution is 5.96. The number of hydrogen-bond donors (Lipinski definition) is 1. The summed E-state index contributed by atoms with van der Waals surface area (Å²) in [7, 11) is 0. The lowest BCUT2D eigenvalue weighted by molar-refractivity contribution is -0.125. The van der Waals surface area contributed by atoms with Crippen molar-refractivity contribution in [3.63, 3.8) is 0 Å². The third-order valence-electron chi connectivity index (χ3n) is 5.10. The number of amides is 2. The lowest BCUT2D eigenvalue weighted by Gasteiger charge is -2.29. The normalized spacial score (nSPS) is 13.5. The molecule has 0 fully saturated rings. The van der Waals surface area contributed by atoms with Crippen LogP contribution in [0.1, 0.15) is 47.1 Å². The number of carbonyl (C=O) groups excluding carboxylic acids is 2. The highest BCUT2D eigenvalue weighted by atomic mass is 16.2. The molecule has 2 amide bonds. The van der Waals surface area contributed by atoms with Crippen LogP contribution < -0.4 is 10.3 Å². The van der Waals surface area contributed by atoms with Crippen molar-refractivity contribution in [1.82, 2.24) is 5.43 Å². The maximum absolute atomic E-state index is 12.6. The van der Waals surface area contributed by atoms with E-state index in [2.05, 4.69) is 35.7 Å². The molecule has 0 saturated heterocycles. The van der Waals surface area contributed by atoms with E-state index in [4.69, 9.17) is 0 Å². The number of hydrazone groups is 1. The Labute approximate surface area is 166 Å². The van der Waals surface area contributed by atoms with Crippen molar-refractivity contribution in [3.05, 3.63) is 64.2 Å². The smallest absolute Gasteiger partial charge is 0.240 e. The Morgan fingerprint density at radius 1 is 1.11 bits per heavy atom. The number of carbonyl (C=O) groups is 2. The standard InChI is InChI=1S/C23H27N3O2/c1-16-13-17(2)20(18(3)14-16)15-24-25-22(27)10-11-23(28)26-12-6-8-19-7-4-5-9-21(19)26/h4-5,7,9,13-15H,6,8,10-12H2,1-3H3,(H,25,27)/b24-15+. The summed E-state index contributed by atoms with van der Waals surface area (Å²) in [5.74, 6) is -0.270. The van der Waals surface area contributed by atoms with Crippen LogP contribution in [0.3, 0.4) is 0 Å². The summed E-state index contributed by atoms with van der Waals surface area (Å²) in [5.41, 5.74) is 9.16. The van der Waals surface area contributed by atoms with Crippen molar-refractivity contribution in [1.29, 1.82) is 0 Å². The van der Waals surface area contributed by atoms with Gasteiger partial charge in [0.05, 0.1) is 6.21 Å². The quantitative estimate of drug-likeness (QED) is 0.636.